The van der Waals surface area contributed by atoms with Crippen molar-refractivity contribution in [2.24, 2.45) is 5.92 Å². The zero-order valence-corrected chi connectivity index (χ0v) is 21.8. The third kappa shape index (κ3) is 4.75. The van der Waals surface area contributed by atoms with Crippen molar-refractivity contribution in [1.82, 2.24) is 4.90 Å². The number of nitrogens with zero attached hydrogens (tertiary/aromatic N) is 2. The van der Waals surface area contributed by atoms with Gasteiger partial charge in [-0.15, -0.1) is 0 Å². The van der Waals surface area contributed by atoms with Crippen molar-refractivity contribution in [3.05, 3.63) is 81.8 Å². The summed E-state index contributed by atoms with van der Waals surface area (Å²) in [6.45, 7) is 6.56. The molecule has 1 aromatic heterocycles. The lowest BCUT2D eigenvalue weighted by molar-refractivity contribution is 0.0243. The smallest absolute Gasteiger partial charge is 0.260 e. The van der Waals surface area contributed by atoms with Gasteiger partial charge in [0.25, 0.3) is 5.91 Å². The van der Waals surface area contributed by atoms with E-state index in [1.165, 1.54) is 30.5 Å². The number of furan rings is 1. The third-order valence-electron chi connectivity index (χ3n) is 7.50. The fraction of sp³-hybridized carbons (Fsp3) is 0.393. The highest BCUT2D eigenvalue weighted by atomic mass is 127. The summed E-state index contributed by atoms with van der Waals surface area (Å²) >= 11 is 2.06. The number of hydrogen-bond donors (Lipinski definition) is 1. The van der Waals surface area contributed by atoms with Crippen LogP contribution in [-0.4, -0.2) is 37.0 Å². The third-order valence-corrected chi connectivity index (χ3v) is 8.34. The lowest BCUT2D eigenvalue weighted by Gasteiger charge is -2.52. The van der Waals surface area contributed by atoms with Crippen LogP contribution in [0.2, 0.25) is 0 Å². The van der Waals surface area contributed by atoms with Crippen LogP contribution in [0.4, 0.5) is 11.4 Å². The van der Waals surface area contributed by atoms with Crippen molar-refractivity contribution in [3.63, 3.8) is 0 Å². The molecule has 5 rings (SSSR count). The molecule has 0 bridgehead atoms. The quantitative estimate of drug-likeness (QED) is 0.363. The topological polar surface area (TPSA) is 48.7 Å². The second-order valence-corrected chi connectivity index (χ2v) is 10.7. The van der Waals surface area contributed by atoms with E-state index in [0.717, 1.165) is 38.3 Å². The average molecular weight is 569 g/mol. The number of nitrogens with one attached hydrogen (secondary N) is 1. The molecule has 1 saturated heterocycles. The Hall–Kier alpha value is -2.32. The SMILES string of the molecule is CC1CCCC(c2cccc(NC(=O)c3ccoc3I)c2)(N2CCN(c3ccccc3)CC2)C1. The molecule has 2 unspecified atom stereocenters. The standard InChI is InChI=1S/C28H32IN3O2/c1-21-7-6-13-28(20-21,32-16-14-31(15-17-32)24-10-3-2-4-11-24)22-8-5-9-23(19-22)30-27(33)25-12-18-34-26(25)29/h2-5,8-12,18-19,21H,6-7,13-17,20H2,1H3,(H,30,33). The van der Waals surface area contributed by atoms with Gasteiger partial charge in [-0.2, -0.15) is 0 Å². The van der Waals surface area contributed by atoms with E-state index in [1.807, 2.05) is 6.07 Å². The van der Waals surface area contributed by atoms with Gasteiger partial charge in [-0.1, -0.05) is 50.1 Å². The Bertz CT molecular complexity index is 1120. The van der Waals surface area contributed by atoms with E-state index in [1.54, 1.807) is 12.3 Å². The molecule has 1 N–H and O–H groups in total. The Morgan fingerprint density at radius 2 is 1.85 bits per heavy atom. The fourth-order valence-corrected chi connectivity index (χ4v) is 6.40. The van der Waals surface area contributed by atoms with E-state index >= 15 is 0 Å². The molecule has 6 heteroatoms. The molecule has 2 heterocycles. The number of benzene rings is 2. The first-order valence-corrected chi connectivity index (χ1v) is 13.3. The molecule has 2 atom stereocenters. The van der Waals surface area contributed by atoms with Gasteiger partial charge in [0.1, 0.15) is 0 Å². The maximum absolute atomic E-state index is 12.8. The molecule has 0 radical (unpaired) electrons. The van der Waals surface area contributed by atoms with Crippen LogP contribution in [0.15, 0.2) is 71.3 Å². The molecule has 1 amide bonds. The van der Waals surface area contributed by atoms with Crippen LogP contribution in [0.1, 0.15) is 48.5 Å². The maximum atomic E-state index is 12.8. The highest BCUT2D eigenvalue weighted by Crippen LogP contribution is 2.45. The second kappa shape index (κ2) is 10.1. The van der Waals surface area contributed by atoms with E-state index in [4.69, 9.17) is 4.42 Å². The summed E-state index contributed by atoms with van der Waals surface area (Å²) in [6, 6.07) is 21.0. The Kier molecular flexibility index (Phi) is 6.97. The van der Waals surface area contributed by atoms with E-state index in [0.29, 0.717) is 15.2 Å². The largest absolute Gasteiger partial charge is 0.458 e. The Morgan fingerprint density at radius 1 is 1.06 bits per heavy atom. The lowest BCUT2D eigenvalue weighted by atomic mass is 9.71. The minimum absolute atomic E-state index is 0.0191. The zero-order valence-electron chi connectivity index (χ0n) is 19.7. The van der Waals surface area contributed by atoms with Gasteiger partial charge in [0.15, 0.2) is 3.77 Å². The molecule has 1 aliphatic heterocycles. The summed E-state index contributed by atoms with van der Waals surface area (Å²) in [5, 5.41) is 3.09. The molecular formula is C28H32IN3O2. The van der Waals surface area contributed by atoms with Crippen LogP contribution in [0.5, 0.6) is 0 Å². The molecule has 2 fully saturated rings. The predicted molar refractivity (Wildman–Crippen MR) is 145 cm³/mol. The lowest BCUT2D eigenvalue weighted by Crippen LogP contribution is -2.57. The number of para-hydroxylation sites is 1. The minimum Gasteiger partial charge on any atom is -0.458 e. The van der Waals surface area contributed by atoms with Crippen LogP contribution in [0.25, 0.3) is 0 Å². The van der Waals surface area contributed by atoms with Crippen molar-refractivity contribution in [3.8, 4) is 0 Å². The van der Waals surface area contributed by atoms with Crippen LogP contribution in [-0.2, 0) is 5.54 Å². The second-order valence-electron chi connectivity index (χ2n) is 9.69. The van der Waals surface area contributed by atoms with E-state index < -0.39 is 0 Å². The molecule has 1 aliphatic carbocycles. The average Bonchev–Trinajstić information content (AvgIpc) is 3.31. The van der Waals surface area contributed by atoms with Crippen molar-refractivity contribution >= 4 is 39.9 Å². The highest BCUT2D eigenvalue weighted by Gasteiger charge is 2.42. The molecule has 178 valence electrons. The zero-order chi connectivity index (χ0) is 23.5. The molecule has 3 aromatic rings. The maximum Gasteiger partial charge on any atom is 0.260 e. The monoisotopic (exact) mass is 569 g/mol. The van der Waals surface area contributed by atoms with Gasteiger partial charge in [0.05, 0.1) is 11.8 Å². The first-order valence-electron chi connectivity index (χ1n) is 12.3. The van der Waals surface area contributed by atoms with Gasteiger partial charge in [0, 0.05) is 65.7 Å². The Labute approximate surface area is 215 Å². The van der Waals surface area contributed by atoms with Crippen molar-refractivity contribution in [2.75, 3.05) is 36.4 Å². The van der Waals surface area contributed by atoms with Gasteiger partial charge in [-0.25, -0.2) is 0 Å². The Morgan fingerprint density at radius 3 is 2.56 bits per heavy atom. The summed E-state index contributed by atoms with van der Waals surface area (Å²) in [4.78, 5) is 18.0. The van der Waals surface area contributed by atoms with Crippen molar-refractivity contribution in [1.29, 1.82) is 0 Å². The number of piperazine rings is 1. The number of carbonyl (C=O) groups is 1. The van der Waals surface area contributed by atoms with Crippen LogP contribution in [0.3, 0.4) is 0 Å². The molecule has 34 heavy (non-hydrogen) atoms. The fourth-order valence-electron chi connectivity index (χ4n) is 5.83. The molecular weight excluding hydrogens is 537 g/mol. The first-order chi connectivity index (χ1) is 16.5. The van der Waals surface area contributed by atoms with Gasteiger partial charge in [-0.05, 0) is 54.7 Å². The first kappa shape index (κ1) is 23.4. The summed E-state index contributed by atoms with van der Waals surface area (Å²) in [5.41, 5.74) is 4.08. The molecule has 2 aromatic carbocycles. The van der Waals surface area contributed by atoms with Crippen molar-refractivity contribution < 1.29 is 9.21 Å². The summed E-state index contributed by atoms with van der Waals surface area (Å²) in [5.74, 6) is 0.560. The van der Waals surface area contributed by atoms with Crippen LogP contribution >= 0.6 is 22.6 Å². The highest BCUT2D eigenvalue weighted by molar-refractivity contribution is 14.1. The summed E-state index contributed by atoms with van der Waals surface area (Å²) in [6.07, 6.45) is 6.42. The predicted octanol–water partition coefficient (Wildman–Crippen LogP) is 6.36. The van der Waals surface area contributed by atoms with Crippen molar-refractivity contribution in [2.45, 2.75) is 38.1 Å². The number of halogens is 1. The number of rotatable bonds is 5. The van der Waals surface area contributed by atoms with Crippen LogP contribution < -0.4 is 10.2 Å². The molecule has 2 aliphatic rings. The molecule has 0 spiro atoms. The molecule has 1 saturated carbocycles. The van der Waals surface area contributed by atoms with E-state index in [9.17, 15) is 4.79 Å². The van der Waals surface area contributed by atoms with E-state index in [2.05, 4.69) is 93.2 Å². The minimum atomic E-state index is -0.127. The van der Waals surface area contributed by atoms with Gasteiger partial charge in [-0.3, -0.25) is 9.69 Å². The summed E-state index contributed by atoms with van der Waals surface area (Å²) in [7, 11) is 0. The number of amides is 1. The number of carbonyl (C=O) groups excluding carboxylic acids is 1. The Balaban J connectivity index is 1.39. The molecule has 5 nitrogen and oxygen atoms in total. The van der Waals surface area contributed by atoms with Gasteiger partial charge >= 0.3 is 0 Å². The van der Waals surface area contributed by atoms with E-state index in [-0.39, 0.29) is 11.4 Å². The normalized spacial score (nSPS) is 23.6. The number of anilines is 2. The van der Waals surface area contributed by atoms with Gasteiger partial charge < -0.3 is 14.6 Å². The van der Waals surface area contributed by atoms with Gasteiger partial charge in [0.2, 0.25) is 0 Å². The summed E-state index contributed by atoms with van der Waals surface area (Å²) < 4.78 is 5.92. The number of hydrogen-bond acceptors (Lipinski definition) is 4. The van der Waals surface area contributed by atoms with Crippen LogP contribution in [0, 0.1) is 9.68 Å².